The van der Waals surface area contributed by atoms with Crippen molar-refractivity contribution in [1.82, 2.24) is 5.32 Å². The molecule has 1 saturated heterocycles. The molecule has 1 unspecified atom stereocenters. The van der Waals surface area contributed by atoms with Crippen molar-refractivity contribution < 1.29 is 4.79 Å². The molecule has 3 rings (SSSR count). The number of amides is 1. The number of hydrogen-bond donors (Lipinski definition) is 1. The van der Waals surface area contributed by atoms with Crippen molar-refractivity contribution in [2.45, 2.75) is 18.9 Å². The van der Waals surface area contributed by atoms with Crippen LogP contribution in [0.2, 0.25) is 0 Å². The minimum atomic E-state index is 0.167. The number of carbonyl (C=O) groups is 1. The highest BCUT2D eigenvalue weighted by molar-refractivity contribution is 9.10. The van der Waals surface area contributed by atoms with E-state index in [0.29, 0.717) is 12.6 Å². The Morgan fingerprint density at radius 2 is 2.21 bits per heavy atom. The Bertz CT molecular complexity index is 499. The maximum atomic E-state index is 12.1. The standard InChI is InChI=1S/C14H18BrN3O/c1-17-12-5-4-10(15)7-13(12)18(9-14(17)19)11-3-2-6-16-8-11/h4-5,7,11,16H,2-3,6,8-9H2,1H3. The molecular weight excluding hydrogens is 306 g/mol. The fourth-order valence-corrected chi connectivity index (χ4v) is 3.26. The van der Waals surface area contributed by atoms with Crippen molar-refractivity contribution in [3.8, 4) is 0 Å². The highest BCUT2D eigenvalue weighted by Gasteiger charge is 2.31. The summed E-state index contributed by atoms with van der Waals surface area (Å²) in [6.45, 7) is 2.53. The summed E-state index contributed by atoms with van der Waals surface area (Å²) in [6.07, 6.45) is 2.32. The van der Waals surface area contributed by atoms with Gasteiger partial charge in [0, 0.05) is 24.1 Å². The first-order chi connectivity index (χ1) is 9.16. The van der Waals surface area contributed by atoms with Crippen LogP contribution in [0.4, 0.5) is 11.4 Å². The van der Waals surface area contributed by atoms with Crippen LogP contribution in [0.15, 0.2) is 22.7 Å². The van der Waals surface area contributed by atoms with Crippen molar-refractivity contribution in [2.24, 2.45) is 0 Å². The number of benzene rings is 1. The molecular formula is C14H18BrN3O. The Balaban J connectivity index is 1.99. The Kier molecular flexibility index (Phi) is 3.50. The average Bonchev–Trinajstić information content (AvgIpc) is 2.43. The summed E-state index contributed by atoms with van der Waals surface area (Å²) >= 11 is 3.53. The molecule has 1 aromatic carbocycles. The third kappa shape index (κ3) is 2.37. The second-order valence-corrected chi connectivity index (χ2v) is 6.13. The van der Waals surface area contributed by atoms with E-state index in [9.17, 15) is 4.79 Å². The molecule has 1 fully saturated rings. The van der Waals surface area contributed by atoms with Crippen LogP contribution in [0.25, 0.3) is 0 Å². The fraction of sp³-hybridized carbons (Fsp3) is 0.500. The molecule has 0 saturated carbocycles. The van der Waals surface area contributed by atoms with E-state index >= 15 is 0 Å². The molecule has 1 atom stereocenters. The fourth-order valence-electron chi connectivity index (χ4n) is 2.91. The summed E-state index contributed by atoms with van der Waals surface area (Å²) in [5.41, 5.74) is 2.16. The van der Waals surface area contributed by atoms with Crippen LogP contribution in [0, 0.1) is 0 Å². The van der Waals surface area contributed by atoms with Gasteiger partial charge in [-0.25, -0.2) is 0 Å². The van der Waals surface area contributed by atoms with Gasteiger partial charge in [0.05, 0.1) is 17.9 Å². The third-order valence-electron chi connectivity index (χ3n) is 4.00. The number of hydrogen-bond acceptors (Lipinski definition) is 3. The van der Waals surface area contributed by atoms with Crippen LogP contribution in [-0.2, 0) is 4.79 Å². The molecule has 2 heterocycles. The first-order valence-corrected chi connectivity index (χ1v) is 7.49. The molecule has 1 amide bonds. The lowest BCUT2D eigenvalue weighted by molar-refractivity contribution is -0.117. The van der Waals surface area contributed by atoms with Gasteiger partial charge >= 0.3 is 0 Å². The zero-order chi connectivity index (χ0) is 13.4. The van der Waals surface area contributed by atoms with Crippen molar-refractivity contribution in [3.05, 3.63) is 22.7 Å². The minimum Gasteiger partial charge on any atom is -0.356 e. The van der Waals surface area contributed by atoms with Gasteiger partial charge in [-0.05, 0) is 37.6 Å². The van der Waals surface area contributed by atoms with Crippen LogP contribution in [0.1, 0.15) is 12.8 Å². The minimum absolute atomic E-state index is 0.167. The van der Waals surface area contributed by atoms with Gasteiger partial charge in [-0.3, -0.25) is 4.79 Å². The normalized spacial score (nSPS) is 23.5. The van der Waals surface area contributed by atoms with E-state index in [-0.39, 0.29) is 5.91 Å². The Morgan fingerprint density at radius 3 is 2.95 bits per heavy atom. The van der Waals surface area contributed by atoms with Gasteiger partial charge in [-0.2, -0.15) is 0 Å². The van der Waals surface area contributed by atoms with E-state index in [1.807, 2.05) is 19.2 Å². The Morgan fingerprint density at radius 1 is 1.37 bits per heavy atom. The van der Waals surface area contributed by atoms with Crippen molar-refractivity contribution in [1.29, 1.82) is 0 Å². The van der Waals surface area contributed by atoms with Crippen LogP contribution >= 0.6 is 15.9 Å². The zero-order valence-electron chi connectivity index (χ0n) is 11.0. The lowest BCUT2D eigenvalue weighted by Crippen LogP contribution is -2.53. The van der Waals surface area contributed by atoms with Crippen LogP contribution in [0.3, 0.4) is 0 Å². The number of carbonyl (C=O) groups excluding carboxylic acids is 1. The van der Waals surface area contributed by atoms with Gasteiger partial charge in [0.1, 0.15) is 0 Å². The lowest BCUT2D eigenvalue weighted by Gasteiger charge is -2.42. The molecule has 0 bridgehead atoms. The summed E-state index contributed by atoms with van der Waals surface area (Å²) in [4.78, 5) is 16.2. The molecule has 4 nitrogen and oxygen atoms in total. The van der Waals surface area contributed by atoms with Gasteiger partial charge < -0.3 is 15.1 Å². The molecule has 19 heavy (non-hydrogen) atoms. The van der Waals surface area contributed by atoms with Crippen molar-refractivity contribution in [3.63, 3.8) is 0 Å². The van der Waals surface area contributed by atoms with E-state index in [0.717, 1.165) is 35.4 Å². The van der Waals surface area contributed by atoms with Gasteiger partial charge in [-0.1, -0.05) is 15.9 Å². The van der Waals surface area contributed by atoms with Crippen LogP contribution < -0.4 is 15.1 Å². The largest absolute Gasteiger partial charge is 0.356 e. The molecule has 5 heteroatoms. The number of piperidine rings is 1. The third-order valence-corrected chi connectivity index (χ3v) is 4.49. The summed E-state index contributed by atoms with van der Waals surface area (Å²) in [5, 5.41) is 3.43. The zero-order valence-corrected chi connectivity index (χ0v) is 12.6. The number of likely N-dealkylation sites (N-methyl/N-ethyl adjacent to an activating group) is 1. The highest BCUT2D eigenvalue weighted by atomic mass is 79.9. The number of fused-ring (bicyclic) bond motifs is 1. The molecule has 0 radical (unpaired) electrons. The monoisotopic (exact) mass is 323 g/mol. The van der Waals surface area contributed by atoms with Gasteiger partial charge in [-0.15, -0.1) is 0 Å². The highest BCUT2D eigenvalue weighted by Crippen LogP contribution is 2.37. The van der Waals surface area contributed by atoms with E-state index in [1.54, 1.807) is 4.90 Å². The second-order valence-electron chi connectivity index (χ2n) is 5.21. The first kappa shape index (κ1) is 12.9. The molecule has 0 spiro atoms. The molecule has 1 N–H and O–H groups in total. The summed E-state index contributed by atoms with van der Waals surface area (Å²) < 4.78 is 1.06. The molecule has 0 aliphatic carbocycles. The molecule has 1 aromatic rings. The molecule has 2 aliphatic heterocycles. The summed E-state index contributed by atoms with van der Waals surface area (Å²) in [7, 11) is 1.85. The molecule has 2 aliphatic rings. The molecule has 102 valence electrons. The number of rotatable bonds is 1. The predicted molar refractivity (Wildman–Crippen MR) is 80.8 cm³/mol. The quantitative estimate of drug-likeness (QED) is 0.858. The number of nitrogens with zero attached hydrogens (tertiary/aromatic N) is 2. The van der Waals surface area contributed by atoms with E-state index in [4.69, 9.17) is 0 Å². The second kappa shape index (κ2) is 5.13. The smallest absolute Gasteiger partial charge is 0.246 e. The Labute approximate surface area is 121 Å². The average molecular weight is 324 g/mol. The maximum Gasteiger partial charge on any atom is 0.246 e. The molecule has 0 aromatic heterocycles. The van der Waals surface area contributed by atoms with E-state index < -0.39 is 0 Å². The topological polar surface area (TPSA) is 35.6 Å². The summed E-state index contributed by atoms with van der Waals surface area (Å²) in [5.74, 6) is 0.167. The number of anilines is 2. The van der Waals surface area contributed by atoms with Crippen LogP contribution in [-0.4, -0.2) is 38.6 Å². The number of nitrogens with one attached hydrogen (secondary N) is 1. The van der Waals surface area contributed by atoms with Gasteiger partial charge in [0.25, 0.3) is 0 Å². The van der Waals surface area contributed by atoms with Gasteiger partial charge in [0.2, 0.25) is 5.91 Å². The van der Waals surface area contributed by atoms with Crippen LogP contribution in [0.5, 0.6) is 0 Å². The first-order valence-electron chi connectivity index (χ1n) is 6.70. The Hall–Kier alpha value is -1.07. The number of halogens is 1. The van der Waals surface area contributed by atoms with E-state index in [1.165, 1.54) is 6.42 Å². The van der Waals surface area contributed by atoms with Crippen molar-refractivity contribution >= 4 is 33.2 Å². The lowest BCUT2D eigenvalue weighted by atomic mass is 10.0. The van der Waals surface area contributed by atoms with Gasteiger partial charge in [0.15, 0.2) is 0 Å². The maximum absolute atomic E-state index is 12.1. The summed E-state index contributed by atoms with van der Waals surface area (Å²) in [6, 6.07) is 6.54. The van der Waals surface area contributed by atoms with E-state index in [2.05, 4.69) is 32.2 Å². The SMILES string of the molecule is CN1C(=O)CN(C2CCCNC2)c2cc(Br)ccc21. The van der Waals surface area contributed by atoms with Crippen molar-refractivity contribution in [2.75, 3.05) is 36.5 Å². The predicted octanol–water partition coefficient (Wildman–Crippen LogP) is 1.98.